The molecule has 4 heterocycles. The molecule has 1 fully saturated rings. The van der Waals surface area contributed by atoms with E-state index in [0.29, 0.717) is 29.9 Å². The summed E-state index contributed by atoms with van der Waals surface area (Å²) >= 11 is 6.06. The van der Waals surface area contributed by atoms with Gasteiger partial charge in [-0.25, -0.2) is 15.0 Å². The van der Waals surface area contributed by atoms with Crippen LogP contribution in [0, 0.1) is 5.92 Å². The van der Waals surface area contributed by atoms with E-state index in [-0.39, 0.29) is 5.97 Å². The molecule has 1 aliphatic heterocycles. The van der Waals surface area contributed by atoms with Gasteiger partial charge in [-0.3, -0.25) is 9.78 Å². The molecule has 9 heteroatoms. The van der Waals surface area contributed by atoms with Gasteiger partial charge in [-0.15, -0.1) is 0 Å². The zero-order valence-corrected chi connectivity index (χ0v) is 19.6. The minimum atomic E-state index is -0.107. The van der Waals surface area contributed by atoms with Gasteiger partial charge in [0.15, 0.2) is 0 Å². The van der Waals surface area contributed by atoms with Crippen LogP contribution in [0.4, 0.5) is 5.95 Å². The number of esters is 1. The molecule has 0 spiro atoms. The van der Waals surface area contributed by atoms with Gasteiger partial charge in [0, 0.05) is 54.3 Å². The smallest absolute Gasteiger partial charge is 0.306 e. The number of ether oxygens (including phenoxy) is 1. The van der Waals surface area contributed by atoms with Crippen LogP contribution in [0.15, 0.2) is 48.9 Å². The Morgan fingerprint density at radius 3 is 2.56 bits per heavy atom. The highest BCUT2D eigenvalue weighted by Crippen LogP contribution is 2.26. The number of aromatic nitrogens is 5. The van der Waals surface area contributed by atoms with Crippen molar-refractivity contribution in [2.75, 3.05) is 24.6 Å². The van der Waals surface area contributed by atoms with E-state index >= 15 is 0 Å². The third-order valence-electron chi connectivity index (χ3n) is 6.07. The number of carbonyl (C=O) groups excluding carboxylic acids is 1. The van der Waals surface area contributed by atoms with Gasteiger partial charge < -0.3 is 14.6 Å². The van der Waals surface area contributed by atoms with Gasteiger partial charge in [0.25, 0.3) is 0 Å². The number of pyridine rings is 1. The van der Waals surface area contributed by atoms with Crippen LogP contribution in [0.3, 0.4) is 0 Å². The summed E-state index contributed by atoms with van der Waals surface area (Å²) in [6, 6.07) is 9.50. The van der Waals surface area contributed by atoms with Gasteiger partial charge in [-0.1, -0.05) is 11.6 Å². The van der Waals surface area contributed by atoms with Crippen molar-refractivity contribution in [1.82, 2.24) is 24.9 Å². The number of nitrogens with zero attached hydrogens (tertiary/aromatic N) is 5. The van der Waals surface area contributed by atoms with Crippen LogP contribution in [-0.4, -0.2) is 50.6 Å². The predicted molar refractivity (Wildman–Crippen MR) is 132 cm³/mol. The number of hydrogen-bond donors (Lipinski definition) is 1. The summed E-state index contributed by atoms with van der Waals surface area (Å²) in [4.78, 5) is 35.5. The van der Waals surface area contributed by atoms with Crippen LogP contribution >= 0.6 is 11.6 Å². The van der Waals surface area contributed by atoms with Crippen molar-refractivity contribution in [2.24, 2.45) is 5.92 Å². The standard InChI is InChI=1S/C25H25ClN6O2/c1-2-34-23(33)11-16-7-9-32(10-8-16)25-28-14-18(15-29-25)20-5-3-17(13-27-20)24-30-21-6-4-19(26)12-22(21)31-24/h3-6,12-16H,2,7-11H2,1H3,(H,30,31). The zero-order chi connectivity index (χ0) is 23.5. The van der Waals surface area contributed by atoms with Crippen molar-refractivity contribution in [2.45, 2.75) is 26.2 Å². The molecule has 0 atom stereocenters. The quantitative estimate of drug-likeness (QED) is 0.395. The van der Waals surface area contributed by atoms with Gasteiger partial charge in [0.2, 0.25) is 5.95 Å². The number of anilines is 1. The molecule has 0 unspecified atom stereocenters. The lowest BCUT2D eigenvalue weighted by Crippen LogP contribution is -2.35. The number of nitrogens with one attached hydrogen (secondary N) is 1. The molecule has 1 N–H and O–H groups in total. The third-order valence-corrected chi connectivity index (χ3v) is 6.31. The Balaban J connectivity index is 1.23. The average Bonchev–Trinajstić information content (AvgIpc) is 3.28. The van der Waals surface area contributed by atoms with Gasteiger partial charge in [0.1, 0.15) is 5.82 Å². The van der Waals surface area contributed by atoms with Crippen molar-refractivity contribution < 1.29 is 9.53 Å². The van der Waals surface area contributed by atoms with E-state index in [9.17, 15) is 4.79 Å². The van der Waals surface area contributed by atoms with Crippen LogP contribution in [0.25, 0.3) is 33.7 Å². The van der Waals surface area contributed by atoms with Gasteiger partial charge in [-0.2, -0.15) is 0 Å². The highest BCUT2D eigenvalue weighted by Gasteiger charge is 2.23. The topological polar surface area (TPSA) is 96.9 Å². The maximum absolute atomic E-state index is 11.7. The molecule has 174 valence electrons. The molecule has 1 aromatic carbocycles. The Morgan fingerprint density at radius 1 is 1.09 bits per heavy atom. The lowest BCUT2D eigenvalue weighted by Gasteiger charge is -2.31. The van der Waals surface area contributed by atoms with E-state index in [1.807, 2.05) is 37.3 Å². The molecule has 34 heavy (non-hydrogen) atoms. The first kappa shape index (κ1) is 22.3. The largest absolute Gasteiger partial charge is 0.466 e. The molecule has 1 aliphatic rings. The minimum Gasteiger partial charge on any atom is -0.466 e. The Bertz CT molecular complexity index is 1280. The fourth-order valence-corrected chi connectivity index (χ4v) is 4.40. The number of rotatable bonds is 6. The summed E-state index contributed by atoms with van der Waals surface area (Å²) in [6.07, 6.45) is 7.75. The second-order valence-electron chi connectivity index (χ2n) is 8.39. The minimum absolute atomic E-state index is 0.107. The maximum atomic E-state index is 11.7. The van der Waals surface area contributed by atoms with Gasteiger partial charge in [0.05, 0.1) is 23.3 Å². The molecule has 1 saturated heterocycles. The van der Waals surface area contributed by atoms with Crippen molar-refractivity contribution in [3.63, 3.8) is 0 Å². The number of halogens is 1. The number of aromatic amines is 1. The van der Waals surface area contributed by atoms with Crippen molar-refractivity contribution in [3.8, 4) is 22.6 Å². The molecule has 3 aromatic heterocycles. The first-order valence-corrected chi connectivity index (χ1v) is 11.8. The fraction of sp³-hybridized carbons (Fsp3) is 0.320. The molecular weight excluding hydrogens is 452 g/mol. The van der Waals surface area contributed by atoms with Crippen LogP contribution < -0.4 is 4.90 Å². The van der Waals surface area contributed by atoms with E-state index in [2.05, 4.69) is 29.8 Å². The Kier molecular flexibility index (Phi) is 6.40. The van der Waals surface area contributed by atoms with Crippen molar-refractivity contribution in [1.29, 1.82) is 0 Å². The molecule has 0 amide bonds. The monoisotopic (exact) mass is 476 g/mol. The lowest BCUT2D eigenvalue weighted by molar-refractivity contribution is -0.144. The van der Waals surface area contributed by atoms with Crippen molar-refractivity contribution >= 4 is 34.6 Å². The van der Waals surface area contributed by atoms with Crippen LogP contribution in [0.1, 0.15) is 26.2 Å². The van der Waals surface area contributed by atoms with E-state index in [1.54, 1.807) is 18.6 Å². The Morgan fingerprint density at radius 2 is 1.85 bits per heavy atom. The molecule has 0 aliphatic carbocycles. The molecular formula is C25H25ClN6O2. The molecule has 8 nitrogen and oxygen atoms in total. The molecule has 0 saturated carbocycles. The highest BCUT2D eigenvalue weighted by atomic mass is 35.5. The highest BCUT2D eigenvalue weighted by molar-refractivity contribution is 6.31. The summed E-state index contributed by atoms with van der Waals surface area (Å²) in [5.41, 5.74) is 4.28. The number of fused-ring (bicyclic) bond motifs is 1. The first-order chi connectivity index (χ1) is 16.6. The lowest BCUT2D eigenvalue weighted by atomic mass is 9.94. The number of carbonyl (C=O) groups is 1. The number of hydrogen-bond acceptors (Lipinski definition) is 7. The zero-order valence-electron chi connectivity index (χ0n) is 18.9. The van der Waals surface area contributed by atoms with E-state index in [0.717, 1.165) is 59.6 Å². The van der Waals surface area contributed by atoms with Gasteiger partial charge in [-0.05, 0) is 56.0 Å². The predicted octanol–water partition coefficient (Wildman–Crippen LogP) is 4.90. The summed E-state index contributed by atoms with van der Waals surface area (Å²) in [7, 11) is 0. The number of imidazole rings is 1. The molecule has 4 aromatic rings. The molecule has 0 bridgehead atoms. The molecule has 5 rings (SSSR count). The first-order valence-electron chi connectivity index (χ1n) is 11.4. The van der Waals surface area contributed by atoms with Crippen LogP contribution in [-0.2, 0) is 9.53 Å². The number of H-pyrrole nitrogens is 1. The Labute approximate surface area is 202 Å². The average molecular weight is 477 g/mol. The SMILES string of the molecule is CCOC(=O)CC1CCN(c2ncc(-c3ccc(-c4nc5cc(Cl)ccc5[nH]4)cn3)cn2)CC1. The van der Waals surface area contributed by atoms with Gasteiger partial charge >= 0.3 is 5.97 Å². The second-order valence-corrected chi connectivity index (χ2v) is 8.83. The van der Waals surface area contributed by atoms with Crippen LogP contribution in [0.5, 0.6) is 0 Å². The number of benzene rings is 1. The van der Waals surface area contributed by atoms with E-state index < -0.39 is 0 Å². The molecule has 0 radical (unpaired) electrons. The summed E-state index contributed by atoms with van der Waals surface area (Å²) in [5.74, 6) is 1.70. The van der Waals surface area contributed by atoms with E-state index in [4.69, 9.17) is 16.3 Å². The maximum Gasteiger partial charge on any atom is 0.306 e. The number of piperidine rings is 1. The normalized spacial score (nSPS) is 14.5. The fourth-order valence-electron chi connectivity index (χ4n) is 4.23. The third kappa shape index (κ3) is 4.87. The summed E-state index contributed by atoms with van der Waals surface area (Å²) < 4.78 is 5.07. The summed E-state index contributed by atoms with van der Waals surface area (Å²) in [6.45, 7) is 3.94. The Hall–Kier alpha value is -3.52. The van der Waals surface area contributed by atoms with Crippen molar-refractivity contribution in [3.05, 3.63) is 53.9 Å². The van der Waals surface area contributed by atoms with Crippen LogP contribution in [0.2, 0.25) is 5.02 Å². The second kappa shape index (κ2) is 9.77. The van der Waals surface area contributed by atoms with E-state index in [1.165, 1.54) is 0 Å². The summed E-state index contributed by atoms with van der Waals surface area (Å²) in [5, 5.41) is 0.656.